The highest BCUT2D eigenvalue weighted by Crippen LogP contribution is 2.19. The van der Waals surface area contributed by atoms with Crippen LogP contribution in [0.15, 0.2) is 6.07 Å². The Kier molecular flexibility index (Phi) is 3.66. The second-order valence-corrected chi connectivity index (χ2v) is 3.53. The zero-order valence-electron chi connectivity index (χ0n) is 9.27. The van der Waals surface area contributed by atoms with Crippen LogP contribution in [0, 0.1) is 0 Å². The Morgan fingerprint density at radius 3 is 3.00 bits per heavy atom. The number of nitrogen functional groups attached to an aromatic ring is 1. The van der Waals surface area contributed by atoms with Crippen molar-refractivity contribution in [1.82, 2.24) is 9.97 Å². The predicted octanol–water partition coefficient (Wildman–Crippen LogP) is 0.412. The van der Waals surface area contributed by atoms with E-state index in [0.717, 1.165) is 12.1 Å². The molecule has 0 aromatic carbocycles. The number of ether oxygens (including phenoxy) is 2. The normalized spacial score (nSPS) is 20.8. The summed E-state index contributed by atoms with van der Waals surface area (Å²) in [6.07, 6.45) is 0.643. The molecule has 1 aliphatic heterocycles. The lowest BCUT2D eigenvalue weighted by atomic mass is 10.2. The standard InChI is InChI=1S/C10H16N4O2/c1-2-7-5-9(14-11)13-10(12-7)8-6-15-3-4-16-8/h5,8H,2-4,6,11H2,1H3,(H,12,13,14). The zero-order chi connectivity index (χ0) is 11.4. The number of aryl methyl sites for hydroxylation is 1. The molecule has 88 valence electrons. The Bertz CT molecular complexity index is 330. The van der Waals surface area contributed by atoms with E-state index in [4.69, 9.17) is 15.3 Å². The van der Waals surface area contributed by atoms with Gasteiger partial charge >= 0.3 is 0 Å². The highest BCUT2D eigenvalue weighted by Gasteiger charge is 2.20. The van der Waals surface area contributed by atoms with Gasteiger partial charge in [-0.15, -0.1) is 0 Å². The molecule has 0 amide bonds. The van der Waals surface area contributed by atoms with Crippen molar-refractivity contribution in [3.8, 4) is 0 Å². The minimum atomic E-state index is -0.188. The monoisotopic (exact) mass is 224 g/mol. The smallest absolute Gasteiger partial charge is 0.162 e. The van der Waals surface area contributed by atoms with E-state index in [1.165, 1.54) is 0 Å². The summed E-state index contributed by atoms with van der Waals surface area (Å²) < 4.78 is 10.9. The molecule has 1 unspecified atom stereocenters. The highest BCUT2D eigenvalue weighted by atomic mass is 16.6. The van der Waals surface area contributed by atoms with Crippen LogP contribution in [0.4, 0.5) is 5.82 Å². The van der Waals surface area contributed by atoms with Crippen LogP contribution in [0.25, 0.3) is 0 Å². The largest absolute Gasteiger partial charge is 0.376 e. The first-order chi connectivity index (χ1) is 7.83. The number of nitrogens with two attached hydrogens (primary N) is 1. The van der Waals surface area contributed by atoms with Crippen LogP contribution >= 0.6 is 0 Å². The maximum absolute atomic E-state index is 5.54. The molecular weight excluding hydrogens is 208 g/mol. The van der Waals surface area contributed by atoms with Gasteiger partial charge in [-0.3, -0.25) is 0 Å². The molecule has 16 heavy (non-hydrogen) atoms. The summed E-state index contributed by atoms with van der Waals surface area (Å²) in [5, 5.41) is 0. The number of hydrazine groups is 1. The average molecular weight is 224 g/mol. The number of hydrogen-bond donors (Lipinski definition) is 2. The molecule has 1 fully saturated rings. The third-order valence-electron chi connectivity index (χ3n) is 2.41. The van der Waals surface area contributed by atoms with E-state index in [0.29, 0.717) is 31.5 Å². The number of rotatable bonds is 3. The fraction of sp³-hybridized carbons (Fsp3) is 0.600. The van der Waals surface area contributed by atoms with Gasteiger partial charge in [0.25, 0.3) is 0 Å². The summed E-state index contributed by atoms with van der Waals surface area (Å²) in [6, 6.07) is 1.83. The summed E-state index contributed by atoms with van der Waals surface area (Å²) in [7, 11) is 0. The maximum Gasteiger partial charge on any atom is 0.162 e. The van der Waals surface area contributed by atoms with E-state index in [9.17, 15) is 0 Å². The first-order valence-electron chi connectivity index (χ1n) is 5.37. The minimum Gasteiger partial charge on any atom is -0.376 e. The molecule has 0 aliphatic carbocycles. The molecule has 3 N–H and O–H groups in total. The Labute approximate surface area is 94.1 Å². The second-order valence-electron chi connectivity index (χ2n) is 3.53. The SMILES string of the molecule is CCc1cc(NN)nc(C2COCCO2)n1. The Morgan fingerprint density at radius 1 is 1.50 bits per heavy atom. The number of anilines is 1. The summed E-state index contributed by atoms with van der Waals surface area (Å²) in [4.78, 5) is 8.68. The molecule has 0 bridgehead atoms. The lowest BCUT2D eigenvalue weighted by Gasteiger charge is -2.22. The van der Waals surface area contributed by atoms with Crippen molar-refractivity contribution in [2.45, 2.75) is 19.4 Å². The number of hydrogen-bond acceptors (Lipinski definition) is 6. The zero-order valence-corrected chi connectivity index (χ0v) is 9.27. The van der Waals surface area contributed by atoms with Crippen molar-refractivity contribution in [2.24, 2.45) is 5.84 Å². The number of nitrogens with one attached hydrogen (secondary N) is 1. The van der Waals surface area contributed by atoms with Crippen LogP contribution in [0.5, 0.6) is 0 Å². The van der Waals surface area contributed by atoms with E-state index in [1.807, 2.05) is 13.0 Å². The van der Waals surface area contributed by atoms with Crippen LogP contribution in [0.1, 0.15) is 24.5 Å². The van der Waals surface area contributed by atoms with Gasteiger partial charge in [0, 0.05) is 11.8 Å². The van der Waals surface area contributed by atoms with Gasteiger partial charge in [0.1, 0.15) is 11.9 Å². The van der Waals surface area contributed by atoms with E-state index >= 15 is 0 Å². The van der Waals surface area contributed by atoms with Gasteiger partial charge in [0.15, 0.2) is 5.82 Å². The number of nitrogens with zero attached hydrogens (tertiary/aromatic N) is 2. The Hall–Kier alpha value is -1.24. The van der Waals surface area contributed by atoms with Crippen molar-refractivity contribution in [1.29, 1.82) is 0 Å². The van der Waals surface area contributed by atoms with Gasteiger partial charge < -0.3 is 14.9 Å². The molecular formula is C10H16N4O2. The van der Waals surface area contributed by atoms with Crippen molar-refractivity contribution in [3.63, 3.8) is 0 Å². The molecule has 1 aromatic rings. The van der Waals surface area contributed by atoms with E-state index in [-0.39, 0.29) is 6.10 Å². The number of aromatic nitrogens is 2. The average Bonchev–Trinajstić information content (AvgIpc) is 2.39. The van der Waals surface area contributed by atoms with Gasteiger partial charge in [-0.25, -0.2) is 15.8 Å². The van der Waals surface area contributed by atoms with E-state index in [1.54, 1.807) is 0 Å². The van der Waals surface area contributed by atoms with Gasteiger partial charge in [0.05, 0.1) is 19.8 Å². The topological polar surface area (TPSA) is 82.3 Å². The molecule has 1 aromatic heterocycles. The highest BCUT2D eigenvalue weighted by molar-refractivity contribution is 5.34. The molecule has 0 radical (unpaired) electrons. The van der Waals surface area contributed by atoms with Gasteiger partial charge in [-0.05, 0) is 6.42 Å². The molecule has 0 spiro atoms. The molecule has 6 heteroatoms. The quantitative estimate of drug-likeness (QED) is 0.571. The molecule has 1 aliphatic rings. The van der Waals surface area contributed by atoms with Crippen LogP contribution in [0.2, 0.25) is 0 Å². The molecule has 0 saturated carbocycles. The molecule has 1 atom stereocenters. The molecule has 2 heterocycles. The van der Waals surface area contributed by atoms with Crippen LogP contribution in [-0.4, -0.2) is 29.8 Å². The Balaban J connectivity index is 2.24. The predicted molar refractivity (Wildman–Crippen MR) is 58.7 cm³/mol. The second kappa shape index (κ2) is 5.20. The summed E-state index contributed by atoms with van der Waals surface area (Å²) in [5.74, 6) is 6.60. The van der Waals surface area contributed by atoms with Crippen LogP contribution in [0.3, 0.4) is 0 Å². The summed E-state index contributed by atoms with van der Waals surface area (Å²) >= 11 is 0. The lowest BCUT2D eigenvalue weighted by molar-refractivity contribution is -0.0935. The van der Waals surface area contributed by atoms with E-state index < -0.39 is 0 Å². The van der Waals surface area contributed by atoms with Crippen LogP contribution in [-0.2, 0) is 15.9 Å². The van der Waals surface area contributed by atoms with Gasteiger partial charge in [-0.2, -0.15) is 0 Å². The van der Waals surface area contributed by atoms with Gasteiger partial charge in [-0.1, -0.05) is 6.92 Å². The summed E-state index contributed by atoms with van der Waals surface area (Å²) in [5.41, 5.74) is 3.47. The van der Waals surface area contributed by atoms with Crippen LogP contribution < -0.4 is 11.3 Å². The van der Waals surface area contributed by atoms with E-state index in [2.05, 4.69) is 15.4 Å². The fourth-order valence-electron chi connectivity index (χ4n) is 1.55. The Morgan fingerprint density at radius 2 is 2.38 bits per heavy atom. The molecule has 1 saturated heterocycles. The minimum absolute atomic E-state index is 0.188. The van der Waals surface area contributed by atoms with Gasteiger partial charge in [0.2, 0.25) is 0 Å². The first kappa shape index (κ1) is 11.3. The van der Waals surface area contributed by atoms with Crippen molar-refractivity contribution in [2.75, 3.05) is 25.2 Å². The fourth-order valence-corrected chi connectivity index (χ4v) is 1.55. The van der Waals surface area contributed by atoms with Crippen molar-refractivity contribution in [3.05, 3.63) is 17.6 Å². The maximum atomic E-state index is 5.54. The third-order valence-corrected chi connectivity index (χ3v) is 2.41. The third kappa shape index (κ3) is 2.46. The first-order valence-corrected chi connectivity index (χ1v) is 5.37. The molecule has 6 nitrogen and oxygen atoms in total. The lowest BCUT2D eigenvalue weighted by Crippen LogP contribution is -2.24. The molecule has 2 rings (SSSR count). The van der Waals surface area contributed by atoms with Crippen molar-refractivity contribution >= 4 is 5.82 Å². The van der Waals surface area contributed by atoms with Crippen molar-refractivity contribution < 1.29 is 9.47 Å². The summed E-state index contributed by atoms with van der Waals surface area (Å²) in [6.45, 7) is 3.74.